The number of hydrogen-bond donors (Lipinski definition) is 5. The van der Waals surface area contributed by atoms with Gasteiger partial charge in [0.25, 0.3) is 5.91 Å². The fourth-order valence-electron chi connectivity index (χ4n) is 1.72. The minimum atomic E-state index is -1.00. The minimum Gasteiger partial charge on any atom is -0.504 e. The molecule has 0 aliphatic heterocycles. The molecule has 0 unspecified atom stereocenters. The summed E-state index contributed by atoms with van der Waals surface area (Å²) in [6.07, 6.45) is 0.496. The molecule has 21 heavy (non-hydrogen) atoms. The van der Waals surface area contributed by atoms with Gasteiger partial charge in [-0.15, -0.1) is 0 Å². The summed E-state index contributed by atoms with van der Waals surface area (Å²) in [6.45, 7) is 0. The third kappa shape index (κ3) is 4.68. The summed E-state index contributed by atoms with van der Waals surface area (Å²) in [5, 5.41) is 21.2. The molecule has 0 heterocycles. The zero-order valence-electron chi connectivity index (χ0n) is 11.2. The average Bonchev–Trinajstić information content (AvgIpc) is 2.40. The highest BCUT2D eigenvalue weighted by Crippen LogP contribution is 2.28. The lowest BCUT2D eigenvalue weighted by molar-refractivity contribution is -0.121. The van der Waals surface area contributed by atoms with Crippen LogP contribution >= 0.6 is 0 Å². The maximum atomic E-state index is 11.9. The smallest absolute Gasteiger partial charge is 0.255 e. The van der Waals surface area contributed by atoms with E-state index in [1.165, 1.54) is 18.2 Å². The molecule has 0 aliphatic carbocycles. The van der Waals surface area contributed by atoms with Crippen molar-refractivity contribution in [1.29, 1.82) is 0 Å². The third-order valence-electron chi connectivity index (χ3n) is 2.82. The number of nitrogens with two attached hydrogens (primary N) is 2. The zero-order chi connectivity index (χ0) is 16.0. The van der Waals surface area contributed by atoms with E-state index in [1.54, 1.807) is 0 Å². The quantitative estimate of drug-likeness (QED) is 0.422. The number of phenols is 2. The van der Waals surface area contributed by atoms with Crippen LogP contribution in [0.25, 0.3) is 0 Å². The zero-order valence-corrected chi connectivity index (χ0v) is 11.2. The molecular weight excluding hydrogens is 278 g/mol. The molecule has 1 rings (SSSR count). The number of nitrogens with one attached hydrogen (secondary N) is 1. The molecule has 3 amide bonds. The maximum absolute atomic E-state index is 11.9. The highest BCUT2D eigenvalue weighted by molar-refractivity contribution is 6.00. The molecule has 8 heteroatoms. The van der Waals surface area contributed by atoms with Crippen LogP contribution in [0, 0.1) is 0 Å². The van der Waals surface area contributed by atoms with Crippen molar-refractivity contribution in [2.45, 2.75) is 25.3 Å². The lowest BCUT2D eigenvalue weighted by atomic mass is 10.1. The van der Waals surface area contributed by atoms with Gasteiger partial charge >= 0.3 is 0 Å². The fourth-order valence-corrected chi connectivity index (χ4v) is 1.72. The van der Waals surface area contributed by atoms with Gasteiger partial charge in [0.1, 0.15) is 6.04 Å². The number of benzene rings is 1. The molecule has 1 aromatic rings. The summed E-state index contributed by atoms with van der Waals surface area (Å²) in [6, 6.07) is 2.87. The molecule has 0 aromatic heterocycles. The number of hydrogen-bond acceptors (Lipinski definition) is 5. The van der Waals surface area contributed by atoms with E-state index in [0.717, 1.165) is 0 Å². The Bertz CT molecular complexity index is 559. The molecule has 0 radical (unpaired) electrons. The molecule has 0 bridgehead atoms. The number of primary amides is 2. The Balaban J connectivity index is 2.74. The number of carbonyl (C=O) groups excluding carboxylic acids is 3. The fraction of sp³-hybridized carbons (Fsp3) is 0.308. The van der Waals surface area contributed by atoms with E-state index in [0.29, 0.717) is 0 Å². The molecule has 114 valence electrons. The molecular formula is C13H17N3O5. The second kappa shape index (κ2) is 7.13. The maximum Gasteiger partial charge on any atom is 0.255 e. The monoisotopic (exact) mass is 295 g/mol. The predicted octanol–water partition coefficient (Wildman–Crippen LogP) is -0.663. The normalized spacial score (nSPS) is 11.6. The van der Waals surface area contributed by atoms with Crippen molar-refractivity contribution in [2.24, 2.45) is 11.5 Å². The summed E-state index contributed by atoms with van der Waals surface area (Å²) < 4.78 is 0. The van der Waals surface area contributed by atoms with Gasteiger partial charge in [-0.1, -0.05) is 6.07 Å². The van der Waals surface area contributed by atoms with Crippen LogP contribution in [0.2, 0.25) is 0 Å². The van der Waals surface area contributed by atoms with E-state index in [-0.39, 0.29) is 24.8 Å². The van der Waals surface area contributed by atoms with Gasteiger partial charge in [0.05, 0.1) is 5.56 Å². The molecule has 0 saturated heterocycles. The first-order valence-corrected chi connectivity index (χ1v) is 6.22. The van der Waals surface area contributed by atoms with Crippen molar-refractivity contribution >= 4 is 17.7 Å². The summed E-state index contributed by atoms with van der Waals surface area (Å²) >= 11 is 0. The van der Waals surface area contributed by atoms with Crippen molar-refractivity contribution < 1.29 is 24.6 Å². The lowest BCUT2D eigenvalue weighted by Crippen LogP contribution is -2.44. The number of phenolic OH excluding ortho intramolecular Hbond substituents is 2. The van der Waals surface area contributed by atoms with Crippen LogP contribution in [0.1, 0.15) is 29.6 Å². The topological polar surface area (TPSA) is 156 Å². The number of amides is 3. The first-order valence-electron chi connectivity index (χ1n) is 6.22. The Morgan fingerprint density at radius 2 is 1.86 bits per heavy atom. The standard InChI is InChI=1S/C13H17N3O5/c14-10(18)6-2-4-8(12(15)20)16-13(21)7-3-1-5-9(17)11(7)19/h1,3,5,8,17,19H,2,4,6H2,(H2,14,18)(H2,15,20)(H,16,21)/t8-/m0/s1. The van der Waals surface area contributed by atoms with Gasteiger partial charge in [0, 0.05) is 6.42 Å². The second-order valence-corrected chi connectivity index (χ2v) is 4.46. The van der Waals surface area contributed by atoms with Crippen molar-refractivity contribution in [3.8, 4) is 11.5 Å². The van der Waals surface area contributed by atoms with Gasteiger partial charge in [-0.2, -0.15) is 0 Å². The number of aromatic hydroxyl groups is 2. The SMILES string of the molecule is NC(=O)CCC[C@H](NC(=O)c1cccc(O)c1O)C(N)=O. The van der Waals surface area contributed by atoms with Crippen LogP contribution in [0.5, 0.6) is 11.5 Å². The second-order valence-electron chi connectivity index (χ2n) is 4.46. The summed E-state index contributed by atoms with van der Waals surface area (Å²) in [5.74, 6) is -3.09. The van der Waals surface area contributed by atoms with Gasteiger partial charge in [0.2, 0.25) is 11.8 Å². The van der Waals surface area contributed by atoms with Gasteiger partial charge in [-0.3, -0.25) is 14.4 Å². The molecule has 0 aliphatic rings. The van der Waals surface area contributed by atoms with E-state index >= 15 is 0 Å². The Morgan fingerprint density at radius 3 is 2.43 bits per heavy atom. The van der Waals surface area contributed by atoms with E-state index in [1.807, 2.05) is 0 Å². The van der Waals surface area contributed by atoms with Crippen molar-refractivity contribution in [3.05, 3.63) is 23.8 Å². The van der Waals surface area contributed by atoms with E-state index in [4.69, 9.17) is 11.5 Å². The lowest BCUT2D eigenvalue weighted by Gasteiger charge is -2.15. The predicted molar refractivity (Wildman–Crippen MR) is 73.3 cm³/mol. The first-order chi connectivity index (χ1) is 9.82. The highest BCUT2D eigenvalue weighted by atomic mass is 16.3. The third-order valence-corrected chi connectivity index (χ3v) is 2.82. The van der Waals surface area contributed by atoms with Gasteiger partial charge < -0.3 is 27.0 Å². The van der Waals surface area contributed by atoms with E-state index < -0.39 is 35.3 Å². The van der Waals surface area contributed by atoms with Gasteiger partial charge in [-0.05, 0) is 25.0 Å². The number of carbonyl (C=O) groups is 3. The van der Waals surface area contributed by atoms with Crippen LogP contribution < -0.4 is 16.8 Å². The molecule has 7 N–H and O–H groups in total. The average molecular weight is 295 g/mol. The van der Waals surface area contributed by atoms with Crippen LogP contribution in [0.4, 0.5) is 0 Å². The Hall–Kier alpha value is -2.77. The van der Waals surface area contributed by atoms with Crippen molar-refractivity contribution in [3.63, 3.8) is 0 Å². The van der Waals surface area contributed by atoms with Gasteiger partial charge in [-0.25, -0.2) is 0 Å². The van der Waals surface area contributed by atoms with E-state index in [2.05, 4.69) is 5.32 Å². The number of para-hydroxylation sites is 1. The molecule has 0 spiro atoms. The molecule has 8 nitrogen and oxygen atoms in total. The number of rotatable bonds is 7. The molecule has 1 atom stereocenters. The largest absolute Gasteiger partial charge is 0.504 e. The van der Waals surface area contributed by atoms with Gasteiger partial charge in [0.15, 0.2) is 11.5 Å². The van der Waals surface area contributed by atoms with Crippen LogP contribution in [-0.2, 0) is 9.59 Å². The van der Waals surface area contributed by atoms with E-state index in [9.17, 15) is 24.6 Å². The summed E-state index contributed by atoms with van der Waals surface area (Å²) in [5.41, 5.74) is 9.96. The molecule has 0 saturated carbocycles. The van der Waals surface area contributed by atoms with Crippen LogP contribution in [0.15, 0.2) is 18.2 Å². The first kappa shape index (κ1) is 16.3. The highest BCUT2D eigenvalue weighted by Gasteiger charge is 2.21. The van der Waals surface area contributed by atoms with Crippen LogP contribution in [-0.4, -0.2) is 34.0 Å². The van der Waals surface area contributed by atoms with Crippen molar-refractivity contribution in [2.75, 3.05) is 0 Å². The van der Waals surface area contributed by atoms with Crippen LogP contribution in [0.3, 0.4) is 0 Å². The molecule has 0 fully saturated rings. The Labute approximate surface area is 120 Å². The summed E-state index contributed by atoms with van der Waals surface area (Å²) in [7, 11) is 0. The van der Waals surface area contributed by atoms with Crippen molar-refractivity contribution in [1.82, 2.24) is 5.32 Å². The minimum absolute atomic E-state index is 0.0665. The summed E-state index contributed by atoms with van der Waals surface area (Å²) in [4.78, 5) is 33.9. The molecule has 1 aromatic carbocycles. The Kier molecular flexibility index (Phi) is 5.53. The Morgan fingerprint density at radius 1 is 1.19 bits per heavy atom.